The number of fused-ring (bicyclic) bond motifs is 1. The molecule has 4 rings (SSSR count). The van der Waals surface area contributed by atoms with Crippen molar-refractivity contribution >= 4 is 41.0 Å². The highest BCUT2D eigenvalue weighted by Crippen LogP contribution is 2.30. The van der Waals surface area contributed by atoms with Crippen molar-refractivity contribution in [3.05, 3.63) is 101 Å². The Balaban J connectivity index is 1.95. The molecule has 1 aliphatic rings. The molecule has 3 aromatic rings. The fraction of sp³-hybridized carbons (Fsp3) is 0.167. The third kappa shape index (κ3) is 4.15. The van der Waals surface area contributed by atoms with E-state index in [-0.39, 0.29) is 11.1 Å². The first-order valence-electron chi connectivity index (χ1n) is 9.89. The number of methoxy groups -OCH3 is 2. The number of carbonyl (C=O) groups excluding carboxylic acids is 2. The highest BCUT2D eigenvalue weighted by molar-refractivity contribution is 7.07. The largest absolute Gasteiger partial charge is 0.466 e. The highest BCUT2D eigenvalue weighted by Gasteiger charge is 2.33. The van der Waals surface area contributed by atoms with Crippen molar-refractivity contribution in [1.82, 2.24) is 4.57 Å². The van der Waals surface area contributed by atoms with Crippen molar-refractivity contribution in [3.8, 4) is 0 Å². The van der Waals surface area contributed by atoms with Gasteiger partial charge in [0.1, 0.15) is 0 Å². The molecule has 0 saturated heterocycles. The van der Waals surface area contributed by atoms with Crippen LogP contribution in [0.3, 0.4) is 0 Å². The lowest BCUT2D eigenvalue weighted by Gasteiger charge is -2.24. The van der Waals surface area contributed by atoms with Gasteiger partial charge in [0, 0.05) is 5.02 Å². The molecule has 33 heavy (non-hydrogen) atoms. The minimum atomic E-state index is -0.770. The average molecular weight is 483 g/mol. The Labute approximate surface area is 197 Å². The van der Waals surface area contributed by atoms with Crippen LogP contribution in [0.5, 0.6) is 0 Å². The van der Waals surface area contributed by atoms with Gasteiger partial charge in [-0.25, -0.2) is 14.6 Å². The number of allylic oxidation sites excluding steroid dienone is 1. The molecule has 0 bridgehead atoms. The number of esters is 2. The zero-order chi connectivity index (χ0) is 23.7. The van der Waals surface area contributed by atoms with Gasteiger partial charge in [-0.3, -0.25) is 9.36 Å². The van der Waals surface area contributed by atoms with E-state index in [4.69, 9.17) is 21.1 Å². The molecule has 1 unspecified atom stereocenters. The number of halogens is 1. The van der Waals surface area contributed by atoms with Gasteiger partial charge in [0.15, 0.2) is 4.80 Å². The summed E-state index contributed by atoms with van der Waals surface area (Å²) in [7, 11) is 2.58. The van der Waals surface area contributed by atoms with E-state index in [1.165, 1.54) is 30.1 Å². The molecule has 168 valence electrons. The maximum Gasteiger partial charge on any atom is 0.338 e. The predicted molar refractivity (Wildman–Crippen MR) is 125 cm³/mol. The first kappa shape index (κ1) is 22.7. The van der Waals surface area contributed by atoms with Crippen molar-refractivity contribution < 1.29 is 19.1 Å². The van der Waals surface area contributed by atoms with E-state index in [1.54, 1.807) is 43.3 Å². The minimum Gasteiger partial charge on any atom is -0.466 e. The molecule has 0 fully saturated rings. The van der Waals surface area contributed by atoms with Gasteiger partial charge < -0.3 is 9.47 Å². The van der Waals surface area contributed by atoms with Crippen molar-refractivity contribution in [2.24, 2.45) is 4.99 Å². The minimum absolute atomic E-state index is 0.250. The number of hydrogen-bond donors (Lipinski definition) is 0. The van der Waals surface area contributed by atoms with Crippen molar-refractivity contribution in [2.75, 3.05) is 14.2 Å². The summed E-state index contributed by atoms with van der Waals surface area (Å²) in [5.41, 5.74) is 2.08. The van der Waals surface area contributed by atoms with E-state index in [9.17, 15) is 14.4 Å². The molecule has 9 heteroatoms. The van der Waals surface area contributed by atoms with Crippen LogP contribution in [0, 0.1) is 0 Å². The number of hydrogen-bond acceptors (Lipinski definition) is 7. The molecule has 0 aliphatic carbocycles. The van der Waals surface area contributed by atoms with Crippen LogP contribution in [0.1, 0.15) is 34.5 Å². The summed E-state index contributed by atoms with van der Waals surface area (Å²) < 4.78 is 11.7. The van der Waals surface area contributed by atoms with Gasteiger partial charge in [-0.1, -0.05) is 53.3 Å². The third-order valence-corrected chi connectivity index (χ3v) is 6.59. The molecule has 2 aromatic carbocycles. The van der Waals surface area contributed by atoms with Crippen molar-refractivity contribution in [2.45, 2.75) is 13.0 Å². The molecule has 1 aromatic heterocycles. The Bertz CT molecular complexity index is 1470. The van der Waals surface area contributed by atoms with E-state index in [0.29, 0.717) is 36.7 Å². The number of thiazole rings is 1. The van der Waals surface area contributed by atoms with Gasteiger partial charge in [-0.05, 0) is 42.3 Å². The van der Waals surface area contributed by atoms with Gasteiger partial charge in [0.2, 0.25) is 0 Å². The monoisotopic (exact) mass is 482 g/mol. The zero-order valence-corrected chi connectivity index (χ0v) is 19.6. The molecule has 1 aliphatic heterocycles. The van der Waals surface area contributed by atoms with Gasteiger partial charge >= 0.3 is 11.9 Å². The van der Waals surface area contributed by atoms with Crippen molar-refractivity contribution in [3.63, 3.8) is 0 Å². The highest BCUT2D eigenvalue weighted by atomic mass is 35.5. The van der Waals surface area contributed by atoms with Crippen LogP contribution >= 0.6 is 22.9 Å². The first-order chi connectivity index (χ1) is 15.8. The van der Waals surface area contributed by atoms with E-state index < -0.39 is 18.0 Å². The molecule has 0 spiro atoms. The third-order valence-electron chi connectivity index (χ3n) is 5.27. The van der Waals surface area contributed by atoms with Gasteiger partial charge in [0.25, 0.3) is 5.56 Å². The maximum atomic E-state index is 13.5. The summed E-state index contributed by atoms with van der Waals surface area (Å²) in [6.07, 6.45) is 1.71. The normalized spacial score (nSPS) is 15.6. The summed E-state index contributed by atoms with van der Waals surface area (Å²) in [4.78, 5) is 43.0. The van der Waals surface area contributed by atoms with E-state index in [0.717, 1.165) is 0 Å². The van der Waals surface area contributed by atoms with Crippen LogP contribution in [0.4, 0.5) is 0 Å². The quantitative estimate of drug-likeness (QED) is 0.534. The summed E-state index contributed by atoms with van der Waals surface area (Å²) in [5, 5.41) is 0.518. The van der Waals surface area contributed by atoms with E-state index in [1.807, 2.05) is 18.2 Å². The lowest BCUT2D eigenvalue weighted by atomic mass is 9.95. The Kier molecular flexibility index (Phi) is 6.31. The van der Waals surface area contributed by atoms with Crippen LogP contribution in [0.15, 0.2) is 69.6 Å². The van der Waals surface area contributed by atoms with Crippen molar-refractivity contribution in [1.29, 1.82) is 0 Å². The Hall–Kier alpha value is -3.49. The number of nitrogens with zero attached hydrogens (tertiary/aromatic N) is 2. The Morgan fingerprint density at radius 3 is 2.36 bits per heavy atom. The molecule has 0 saturated carbocycles. The SMILES string of the molecule is COC(=O)C1=C(C)N=c2s/c(=C/c3ccccc3Cl)c(=O)n2C1c1ccc(C(=O)OC)cc1. The van der Waals surface area contributed by atoms with Crippen LogP contribution in [-0.4, -0.2) is 30.7 Å². The van der Waals surface area contributed by atoms with Gasteiger partial charge in [-0.15, -0.1) is 0 Å². The lowest BCUT2D eigenvalue weighted by Crippen LogP contribution is -2.39. The summed E-state index contributed by atoms with van der Waals surface area (Å²) in [6.45, 7) is 1.70. The molecular formula is C24H19ClN2O5S. The smallest absolute Gasteiger partial charge is 0.338 e. The number of aromatic nitrogens is 1. The van der Waals surface area contributed by atoms with Gasteiger partial charge in [0.05, 0.1) is 41.6 Å². The van der Waals surface area contributed by atoms with Crippen LogP contribution in [0.2, 0.25) is 5.02 Å². The molecular weight excluding hydrogens is 464 g/mol. The second kappa shape index (κ2) is 9.17. The topological polar surface area (TPSA) is 87.0 Å². The van der Waals surface area contributed by atoms with Crippen LogP contribution < -0.4 is 14.9 Å². The summed E-state index contributed by atoms with van der Waals surface area (Å²) in [5.74, 6) is -1.07. The van der Waals surface area contributed by atoms with Crippen LogP contribution in [-0.2, 0) is 14.3 Å². The Morgan fingerprint density at radius 2 is 1.73 bits per heavy atom. The number of benzene rings is 2. The lowest BCUT2D eigenvalue weighted by molar-refractivity contribution is -0.136. The molecule has 0 N–H and O–H groups in total. The van der Waals surface area contributed by atoms with E-state index >= 15 is 0 Å². The fourth-order valence-corrected chi connectivity index (χ4v) is 4.89. The fourth-order valence-electron chi connectivity index (χ4n) is 3.66. The first-order valence-corrected chi connectivity index (χ1v) is 11.1. The average Bonchev–Trinajstić information content (AvgIpc) is 3.13. The standard InChI is InChI=1S/C24H19ClN2O5S/c1-13-19(23(30)32-3)20(14-8-10-15(11-9-14)22(29)31-2)27-21(28)18(33-24(27)26-13)12-16-6-4-5-7-17(16)25/h4-12,20H,1-3H3/b18-12+. The molecule has 0 amide bonds. The van der Waals surface area contributed by atoms with Gasteiger partial charge in [-0.2, -0.15) is 0 Å². The maximum absolute atomic E-state index is 13.5. The number of rotatable bonds is 4. The second-order valence-corrected chi connectivity index (χ2v) is 8.62. The number of carbonyl (C=O) groups is 2. The predicted octanol–water partition coefficient (Wildman–Crippen LogP) is 2.85. The number of ether oxygens (including phenoxy) is 2. The summed E-state index contributed by atoms with van der Waals surface area (Å²) >= 11 is 7.48. The summed E-state index contributed by atoms with van der Waals surface area (Å²) in [6, 6.07) is 13.0. The second-order valence-electron chi connectivity index (χ2n) is 7.21. The van der Waals surface area contributed by atoms with Crippen LogP contribution in [0.25, 0.3) is 6.08 Å². The molecule has 0 radical (unpaired) electrons. The molecule has 2 heterocycles. The Morgan fingerprint density at radius 1 is 1.06 bits per heavy atom. The zero-order valence-electron chi connectivity index (χ0n) is 18.0. The van der Waals surface area contributed by atoms with E-state index in [2.05, 4.69) is 4.99 Å². The molecule has 1 atom stereocenters. The molecule has 7 nitrogen and oxygen atoms in total.